The Balaban J connectivity index is 2.02. The molecule has 0 saturated carbocycles. The summed E-state index contributed by atoms with van der Waals surface area (Å²) < 4.78 is 10.6. The second-order valence-electron chi connectivity index (χ2n) is 5.76. The fourth-order valence-corrected chi connectivity index (χ4v) is 2.83. The van der Waals surface area contributed by atoms with Crippen molar-refractivity contribution in [3.8, 4) is 11.5 Å². The number of methoxy groups -OCH3 is 1. The molecule has 28 heavy (non-hydrogen) atoms. The van der Waals surface area contributed by atoms with Gasteiger partial charge in [-0.25, -0.2) is 5.01 Å². The summed E-state index contributed by atoms with van der Waals surface area (Å²) >= 11 is 6.09. The van der Waals surface area contributed by atoms with Gasteiger partial charge in [0.05, 0.1) is 12.8 Å². The molecule has 1 fully saturated rings. The van der Waals surface area contributed by atoms with E-state index in [9.17, 15) is 14.4 Å². The van der Waals surface area contributed by atoms with E-state index in [-0.39, 0.29) is 17.1 Å². The number of carbonyl (C=O) groups excluding carboxylic acids is 3. The zero-order valence-corrected chi connectivity index (χ0v) is 15.5. The van der Waals surface area contributed by atoms with Gasteiger partial charge in [-0.3, -0.25) is 19.8 Å². The van der Waals surface area contributed by atoms with Crippen molar-refractivity contribution in [3.05, 3.63) is 58.6 Å². The van der Waals surface area contributed by atoms with Crippen molar-refractivity contribution in [2.24, 2.45) is 5.73 Å². The van der Waals surface area contributed by atoms with Crippen LogP contribution in [0.15, 0.2) is 48.0 Å². The number of rotatable bonds is 6. The minimum Gasteiger partial charge on any atom is -0.493 e. The Labute approximate surface area is 165 Å². The molecule has 9 heteroatoms. The molecule has 0 aromatic heterocycles. The van der Waals surface area contributed by atoms with Crippen LogP contribution in [0.5, 0.6) is 11.5 Å². The number of para-hydroxylation sites is 1. The third-order valence-electron chi connectivity index (χ3n) is 3.83. The monoisotopic (exact) mass is 401 g/mol. The lowest BCUT2D eigenvalue weighted by Crippen LogP contribution is -2.35. The van der Waals surface area contributed by atoms with E-state index in [1.165, 1.54) is 25.3 Å². The fourth-order valence-electron chi connectivity index (χ4n) is 2.62. The zero-order valence-electron chi connectivity index (χ0n) is 14.8. The first-order valence-corrected chi connectivity index (χ1v) is 8.49. The minimum absolute atomic E-state index is 0.128. The Morgan fingerprint density at radius 1 is 1.25 bits per heavy atom. The van der Waals surface area contributed by atoms with Gasteiger partial charge in [-0.1, -0.05) is 29.8 Å². The summed E-state index contributed by atoms with van der Waals surface area (Å²) in [4.78, 5) is 36.2. The summed E-state index contributed by atoms with van der Waals surface area (Å²) in [5.74, 6) is -1.46. The second kappa shape index (κ2) is 8.01. The van der Waals surface area contributed by atoms with Crippen LogP contribution in [0.4, 0.5) is 5.69 Å². The summed E-state index contributed by atoms with van der Waals surface area (Å²) in [5, 5.41) is 1.43. The normalized spacial score (nSPS) is 14.9. The third kappa shape index (κ3) is 3.91. The molecule has 2 aromatic rings. The highest BCUT2D eigenvalue weighted by molar-refractivity contribution is 6.32. The van der Waals surface area contributed by atoms with E-state index < -0.39 is 24.3 Å². The van der Waals surface area contributed by atoms with Crippen molar-refractivity contribution < 1.29 is 23.9 Å². The average molecular weight is 402 g/mol. The predicted octanol–water partition coefficient (Wildman–Crippen LogP) is 1.67. The van der Waals surface area contributed by atoms with Crippen LogP contribution in [0.3, 0.4) is 0 Å². The Morgan fingerprint density at radius 3 is 2.61 bits per heavy atom. The van der Waals surface area contributed by atoms with E-state index in [2.05, 4.69) is 5.43 Å². The highest BCUT2D eigenvalue weighted by Crippen LogP contribution is 2.36. The van der Waals surface area contributed by atoms with E-state index in [1.807, 2.05) is 0 Å². The van der Waals surface area contributed by atoms with Crippen LogP contribution < -0.4 is 25.6 Å². The number of carbonyl (C=O) groups is 3. The molecule has 1 saturated heterocycles. The summed E-state index contributed by atoms with van der Waals surface area (Å²) in [6.07, 6.45) is 1.32. The zero-order chi connectivity index (χ0) is 20.3. The number of amides is 3. The van der Waals surface area contributed by atoms with Gasteiger partial charge in [-0.2, -0.15) is 0 Å². The van der Waals surface area contributed by atoms with E-state index in [0.29, 0.717) is 16.3 Å². The van der Waals surface area contributed by atoms with Gasteiger partial charge in [0.2, 0.25) is 0 Å². The van der Waals surface area contributed by atoms with Crippen molar-refractivity contribution in [3.63, 3.8) is 0 Å². The van der Waals surface area contributed by atoms with Gasteiger partial charge in [0, 0.05) is 16.7 Å². The molecular formula is C19H16ClN3O5. The van der Waals surface area contributed by atoms with E-state index >= 15 is 0 Å². The topological polar surface area (TPSA) is 111 Å². The number of ether oxygens (including phenoxy) is 2. The molecule has 3 amide bonds. The van der Waals surface area contributed by atoms with Crippen molar-refractivity contribution in [1.29, 1.82) is 0 Å². The molecule has 0 spiro atoms. The Morgan fingerprint density at radius 2 is 1.96 bits per heavy atom. The fraction of sp³-hybridized carbons (Fsp3) is 0.105. The quantitative estimate of drug-likeness (QED) is 0.565. The number of nitrogens with two attached hydrogens (primary N) is 1. The van der Waals surface area contributed by atoms with Gasteiger partial charge in [0.1, 0.15) is 5.57 Å². The molecule has 8 nitrogen and oxygen atoms in total. The number of hydrazine groups is 1. The maximum atomic E-state index is 12.7. The summed E-state index contributed by atoms with van der Waals surface area (Å²) in [5.41, 5.74) is 8.31. The Kier molecular flexibility index (Phi) is 5.51. The Bertz CT molecular complexity index is 975. The third-order valence-corrected chi connectivity index (χ3v) is 4.05. The number of nitrogens with zero attached hydrogens (tertiary/aromatic N) is 1. The largest absolute Gasteiger partial charge is 0.493 e. The van der Waals surface area contributed by atoms with Crippen molar-refractivity contribution in [2.75, 3.05) is 18.7 Å². The molecule has 3 rings (SSSR count). The van der Waals surface area contributed by atoms with Crippen LogP contribution >= 0.6 is 11.6 Å². The first-order chi connectivity index (χ1) is 13.4. The second-order valence-corrected chi connectivity index (χ2v) is 6.19. The molecule has 0 unspecified atom stereocenters. The summed E-state index contributed by atoms with van der Waals surface area (Å²) in [6, 6.07) is 11.6. The molecule has 1 aliphatic heterocycles. The number of nitrogens with one attached hydrogen (secondary N) is 1. The predicted molar refractivity (Wildman–Crippen MR) is 103 cm³/mol. The van der Waals surface area contributed by atoms with E-state index in [1.54, 1.807) is 30.3 Å². The molecule has 0 atom stereocenters. The van der Waals surface area contributed by atoms with Gasteiger partial charge in [-0.15, -0.1) is 0 Å². The molecule has 0 bridgehead atoms. The highest BCUT2D eigenvalue weighted by atomic mass is 35.5. The van der Waals surface area contributed by atoms with Crippen molar-refractivity contribution in [1.82, 2.24) is 5.43 Å². The first-order valence-electron chi connectivity index (χ1n) is 8.11. The van der Waals surface area contributed by atoms with Crippen LogP contribution in [0.2, 0.25) is 5.02 Å². The number of hydrogen-bond donors (Lipinski definition) is 2. The lowest BCUT2D eigenvalue weighted by Gasteiger charge is -2.14. The minimum atomic E-state index is -0.694. The smallest absolute Gasteiger partial charge is 0.282 e. The van der Waals surface area contributed by atoms with Gasteiger partial charge in [0.25, 0.3) is 17.7 Å². The number of anilines is 1. The summed E-state index contributed by atoms with van der Waals surface area (Å²) in [6.45, 7) is -0.412. The lowest BCUT2D eigenvalue weighted by molar-refractivity contribution is -0.120. The molecule has 0 radical (unpaired) electrons. The maximum absolute atomic E-state index is 12.7. The molecule has 144 valence electrons. The molecule has 0 aliphatic carbocycles. The van der Waals surface area contributed by atoms with Crippen LogP contribution in [0.1, 0.15) is 5.56 Å². The number of halogens is 1. The van der Waals surface area contributed by atoms with Crippen LogP contribution in [0.25, 0.3) is 6.08 Å². The van der Waals surface area contributed by atoms with Crippen molar-refractivity contribution in [2.45, 2.75) is 0 Å². The van der Waals surface area contributed by atoms with Gasteiger partial charge in [0.15, 0.2) is 18.1 Å². The van der Waals surface area contributed by atoms with E-state index in [0.717, 1.165) is 5.01 Å². The first kappa shape index (κ1) is 19.2. The number of hydrogen-bond acceptors (Lipinski definition) is 5. The van der Waals surface area contributed by atoms with Gasteiger partial charge in [-0.05, 0) is 24.3 Å². The van der Waals surface area contributed by atoms with Crippen LogP contribution in [-0.4, -0.2) is 31.4 Å². The molecule has 2 aromatic carbocycles. The highest BCUT2D eigenvalue weighted by Gasteiger charge is 2.34. The summed E-state index contributed by atoms with van der Waals surface area (Å²) in [7, 11) is 1.39. The lowest BCUT2D eigenvalue weighted by atomic mass is 10.1. The molecule has 1 heterocycles. The van der Waals surface area contributed by atoms with Gasteiger partial charge < -0.3 is 15.2 Å². The van der Waals surface area contributed by atoms with Crippen LogP contribution in [0, 0.1) is 0 Å². The molecular weight excluding hydrogens is 386 g/mol. The van der Waals surface area contributed by atoms with Crippen LogP contribution in [-0.2, 0) is 14.4 Å². The Hall–Kier alpha value is -3.52. The molecule has 1 aliphatic rings. The van der Waals surface area contributed by atoms with Gasteiger partial charge >= 0.3 is 0 Å². The number of primary amides is 1. The standard InChI is InChI=1S/C19H16ClN3O5/c1-27-15-9-12(20)7-11(17(15)28-10-16(21)24)8-14-18(25)22-23(19(14)26)13-5-3-2-4-6-13/h2-9H,10H2,1H3,(H2,21,24)(H,22,25)/b14-8-. The van der Waals surface area contributed by atoms with E-state index in [4.69, 9.17) is 26.8 Å². The maximum Gasteiger partial charge on any atom is 0.282 e. The SMILES string of the molecule is COc1cc(Cl)cc(/C=C2/C(=O)NN(c3ccccc3)C2=O)c1OCC(N)=O. The average Bonchev–Trinajstić information content (AvgIpc) is 2.95. The van der Waals surface area contributed by atoms with Crippen molar-refractivity contribution >= 4 is 41.1 Å². The molecule has 3 N–H and O–H groups in total. The number of benzene rings is 2.